The maximum atomic E-state index is 11.5. The molecule has 2 rings (SSSR count). The highest BCUT2D eigenvalue weighted by atomic mass is 35.5. The molecule has 0 radical (unpaired) electrons. The molecule has 17 heavy (non-hydrogen) atoms. The predicted molar refractivity (Wildman–Crippen MR) is 64.4 cm³/mol. The summed E-state index contributed by atoms with van der Waals surface area (Å²) in [5.41, 5.74) is 0.466. The second-order valence-electron chi connectivity index (χ2n) is 4.20. The normalized spacial score (nSPS) is 14.4. The summed E-state index contributed by atoms with van der Waals surface area (Å²) < 4.78 is 0. The van der Waals surface area contributed by atoms with E-state index >= 15 is 0 Å². The molecule has 0 saturated heterocycles. The third kappa shape index (κ3) is 3.20. The Morgan fingerprint density at radius 3 is 2.71 bits per heavy atom. The Morgan fingerprint density at radius 2 is 2.12 bits per heavy atom. The number of aromatic carboxylic acids is 1. The van der Waals surface area contributed by atoms with Crippen LogP contribution in [0.5, 0.6) is 0 Å². The van der Waals surface area contributed by atoms with Crippen molar-refractivity contribution in [1.29, 1.82) is 0 Å². The van der Waals surface area contributed by atoms with Crippen molar-refractivity contribution in [2.75, 3.05) is 5.32 Å². The van der Waals surface area contributed by atoms with Gasteiger partial charge in [0.15, 0.2) is 0 Å². The quantitative estimate of drug-likeness (QED) is 0.867. The van der Waals surface area contributed by atoms with Crippen molar-refractivity contribution in [1.82, 2.24) is 0 Å². The number of halogens is 1. The Bertz CT molecular complexity index is 469. The van der Waals surface area contributed by atoms with Crippen molar-refractivity contribution >= 4 is 29.2 Å². The summed E-state index contributed by atoms with van der Waals surface area (Å²) in [5, 5.41) is 11.7. The van der Waals surface area contributed by atoms with Gasteiger partial charge in [-0.2, -0.15) is 0 Å². The van der Waals surface area contributed by atoms with E-state index in [2.05, 4.69) is 5.32 Å². The van der Waals surface area contributed by atoms with Gasteiger partial charge in [0.2, 0.25) is 5.91 Å². The highest BCUT2D eigenvalue weighted by Crippen LogP contribution is 2.32. The lowest BCUT2D eigenvalue weighted by molar-refractivity contribution is -0.116. The number of carboxylic acids is 1. The summed E-state index contributed by atoms with van der Waals surface area (Å²) in [4.78, 5) is 22.4. The van der Waals surface area contributed by atoms with E-state index in [1.165, 1.54) is 12.1 Å². The molecule has 0 unspecified atom stereocenters. The SMILES string of the molecule is O=C(CC1CC1)Nc1ccc(Cl)c(C(=O)O)c1. The summed E-state index contributed by atoms with van der Waals surface area (Å²) in [6, 6.07) is 4.44. The third-order valence-electron chi connectivity index (χ3n) is 2.65. The molecule has 1 aromatic carbocycles. The Hall–Kier alpha value is -1.55. The topological polar surface area (TPSA) is 66.4 Å². The first-order chi connectivity index (χ1) is 8.06. The first kappa shape index (κ1) is 11.9. The van der Waals surface area contributed by atoms with Crippen LogP contribution in [0.15, 0.2) is 18.2 Å². The van der Waals surface area contributed by atoms with Crippen LogP contribution in [0.2, 0.25) is 5.02 Å². The number of rotatable bonds is 4. The Morgan fingerprint density at radius 1 is 1.41 bits per heavy atom. The van der Waals surface area contributed by atoms with Gasteiger partial charge in [-0.05, 0) is 37.0 Å². The van der Waals surface area contributed by atoms with Gasteiger partial charge in [0.05, 0.1) is 10.6 Å². The molecule has 90 valence electrons. The molecule has 1 aromatic rings. The van der Waals surface area contributed by atoms with Crippen LogP contribution in [-0.2, 0) is 4.79 Å². The van der Waals surface area contributed by atoms with Crippen LogP contribution in [0, 0.1) is 5.92 Å². The molecule has 1 aliphatic rings. The van der Waals surface area contributed by atoms with E-state index in [9.17, 15) is 9.59 Å². The number of amides is 1. The Labute approximate surface area is 104 Å². The van der Waals surface area contributed by atoms with Crippen molar-refractivity contribution in [3.63, 3.8) is 0 Å². The molecule has 0 bridgehead atoms. The Kier molecular flexibility index (Phi) is 3.33. The largest absolute Gasteiger partial charge is 0.478 e. The molecule has 1 saturated carbocycles. The number of carbonyl (C=O) groups is 2. The summed E-state index contributed by atoms with van der Waals surface area (Å²) in [6.07, 6.45) is 2.72. The first-order valence-electron chi connectivity index (χ1n) is 5.39. The molecule has 0 aromatic heterocycles. The predicted octanol–water partition coefficient (Wildman–Crippen LogP) is 2.78. The average Bonchev–Trinajstić information content (AvgIpc) is 3.04. The van der Waals surface area contributed by atoms with Gasteiger partial charge >= 0.3 is 5.97 Å². The number of benzene rings is 1. The summed E-state index contributed by atoms with van der Waals surface area (Å²) >= 11 is 5.73. The summed E-state index contributed by atoms with van der Waals surface area (Å²) in [7, 11) is 0. The fraction of sp³-hybridized carbons (Fsp3) is 0.333. The molecular formula is C12H12ClNO3. The van der Waals surface area contributed by atoms with Crippen molar-refractivity contribution in [3.8, 4) is 0 Å². The van der Waals surface area contributed by atoms with Crippen molar-refractivity contribution in [3.05, 3.63) is 28.8 Å². The zero-order chi connectivity index (χ0) is 12.4. The van der Waals surface area contributed by atoms with Crippen molar-refractivity contribution in [2.24, 2.45) is 5.92 Å². The molecule has 1 amide bonds. The second-order valence-corrected chi connectivity index (χ2v) is 4.60. The zero-order valence-corrected chi connectivity index (χ0v) is 9.83. The lowest BCUT2D eigenvalue weighted by atomic mass is 10.2. The number of anilines is 1. The van der Waals surface area contributed by atoms with Crippen LogP contribution in [0.25, 0.3) is 0 Å². The minimum Gasteiger partial charge on any atom is -0.478 e. The molecule has 2 N–H and O–H groups in total. The highest BCUT2D eigenvalue weighted by Gasteiger charge is 2.24. The van der Waals surface area contributed by atoms with Crippen LogP contribution in [0.3, 0.4) is 0 Å². The van der Waals surface area contributed by atoms with E-state index in [-0.39, 0.29) is 16.5 Å². The molecule has 1 aliphatic carbocycles. The first-order valence-corrected chi connectivity index (χ1v) is 5.77. The van der Waals surface area contributed by atoms with Crippen LogP contribution in [0.1, 0.15) is 29.6 Å². The number of carboxylic acid groups (broad SMARTS) is 1. The minimum absolute atomic E-state index is 0.00381. The van der Waals surface area contributed by atoms with Crippen LogP contribution >= 0.6 is 11.6 Å². The third-order valence-corrected chi connectivity index (χ3v) is 2.98. The maximum Gasteiger partial charge on any atom is 0.337 e. The fourth-order valence-electron chi connectivity index (χ4n) is 1.56. The molecule has 1 fully saturated rings. The lowest BCUT2D eigenvalue weighted by Crippen LogP contribution is -2.12. The van der Waals surface area contributed by atoms with E-state index in [0.717, 1.165) is 12.8 Å². The van der Waals surface area contributed by atoms with E-state index < -0.39 is 5.97 Å². The van der Waals surface area contributed by atoms with E-state index in [1.807, 2.05) is 0 Å². The monoisotopic (exact) mass is 253 g/mol. The highest BCUT2D eigenvalue weighted by molar-refractivity contribution is 6.33. The summed E-state index contributed by atoms with van der Waals surface area (Å²) in [6.45, 7) is 0. The smallest absolute Gasteiger partial charge is 0.337 e. The average molecular weight is 254 g/mol. The van der Waals surface area contributed by atoms with Gasteiger partial charge in [0.1, 0.15) is 0 Å². The summed E-state index contributed by atoms with van der Waals surface area (Å²) in [5.74, 6) is -0.680. The number of hydrogen-bond acceptors (Lipinski definition) is 2. The van der Waals surface area contributed by atoms with E-state index in [0.29, 0.717) is 18.0 Å². The molecular weight excluding hydrogens is 242 g/mol. The van der Waals surface area contributed by atoms with Gasteiger partial charge in [-0.3, -0.25) is 4.79 Å². The number of nitrogens with one attached hydrogen (secondary N) is 1. The maximum absolute atomic E-state index is 11.5. The van der Waals surface area contributed by atoms with E-state index in [4.69, 9.17) is 16.7 Å². The molecule has 0 spiro atoms. The lowest BCUT2D eigenvalue weighted by Gasteiger charge is -2.06. The number of carbonyl (C=O) groups excluding carboxylic acids is 1. The van der Waals surface area contributed by atoms with Gasteiger partial charge in [-0.25, -0.2) is 4.79 Å². The fourth-order valence-corrected chi connectivity index (χ4v) is 1.76. The standard InChI is InChI=1S/C12H12ClNO3/c13-10-4-3-8(6-9(10)12(16)17)14-11(15)5-7-1-2-7/h3-4,6-7H,1-2,5H2,(H,14,15)(H,16,17). The van der Waals surface area contributed by atoms with Crippen LogP contribution in [-0.4, -0.2) is 17.0 Å². The van der Waals surface area contributed by atoms with Gasteiger partial charge in [0.25, 0.3) is 0 Å². The molecule has 5 heteroatoms. The van der Waals surface area contributed by atoms with Gasteiger partial charge in [-0.1, -0.05) is 11.6 Å². The second kappa shape index (κ2) is 4.75. The molecule has 0 atom stereocenters. The zero-order valence-electron chi connectivity index (χ0n) is 9.07. The molecule has 0 aliphatic heterocycles. The molecule has 0 heterocycles. The van der Waals surface area contributed by atoms with E-state index in [1.54, 1.807) is 6.07 Å². The van der Waals surface area contributed by atoms with Gasteiger partial charge in [0, 0.05) is 12.1 Å². The van der Waals surface area contributed by atoms with Crippen LogP contribution in [0.4, 0.5) is 5.69 Å². The van der Waals surface area contributed by atoms with Crippen LogP contribution < -0.4 is 5.32 Å². The van der Waals surface area contributed by atoms with Gasteiger partial charge in [-0.15, -0.1) is 0 Å². The van der Waals surface area contributed by atoms with Crippen molar-refractivity contribution in [2.45, 2.75) is 19.3 Å². The van der Waals surface area contributed by atoms with Gasteiger partial charge < -0.3 is 10.4 Å². The minimum atomic E-state index is -1.10. The molecule has 4 nitrogen and oxygen atoms in total. The Balaban J connectivity index is 2.07. The van der Waals surface area contributed by atoms with Crippen molar-refractivity contribution < 1.29 is 14.7 Å². The number of hydrogen-bond donors (Lipinski definition) is 2.